The van der Waals surface area contributed by atoms with Gasteiger partial charge in [0.05, 0.1) is 18.2 Å². The van der Waals surface area contributed by atoms with Crippen LogP contribution in [0.2, 0.25) is 0 Å². The Morgan fingerprint density at radius 1 is 1.25 bits per heavy atom. The van der Waals surface area contributed by atoms with Gasteiger partial charge >= 0.3 is 0 Å². The van der Waals surface area contributed by atoms with Crippen LogP contribution in [0.3, 0.4) is 0 Å². The van der Waals surface area contributed by atoms with Gasteiger partial charge in [0.25, 0.3) is 15.9 Å². The standard InChI is InChI=1S/C16H24N2O5S/c1-12-10-18(16(2,3)11-22-12)15(19)13-6-7-14(23-13)24(20,21)17-8-4-5-9-17/h6-7,12H,4-5,8-11H2,1-3H3/t12-/m1/s1. The van der Waals surface area contributed by atoms with Gasteiger partial charge < -0.3 is 14.1 Å². The minimum atomic E-state index is -3.65. The Morgan fingerprint density at radius 3 is 2.58 bits per heavy atom. The van der Waals surface area contributed by atoms with Crippen LogP contribution in [0.1, 0.15) is 44.2 Å². The number of rotatable bonds is 3. The molecule has 134 valence electrons. The Balaban J connectivity index is 1.83. The van der Waals surface area contributed by atoms with E-state index in [4.69, 9.17) is 9.15 Å². The smallest absolute Gasteiger partial charge is 0.290 e. The van der Waals surface area contributed by atoms with E-state index in [2.05, 4.69) is 0 Å². The molecule has 1 amide bonds. The van der Waals surface area contributed by atoms with Crippen molar-refractivity contribution < 1.29 is 22.4 Å². The summed E-state index contributed by atoms with van der Waals surface area (Å²) in [6, 6.07) is 2.82. The third-order valence-corrected chi connectivity index (χ3v) is 6.36. The molecular weight excluding hydrogens is 332 g/mol. The second-order valence-electron chi connectivity index (χ2n) is 7.08. The summed E-state index contributed by atoms with van der Waals surface area (Å²) in [6.07, 6.45) is 1.64. The van der Waals surface area contributed by atoms with Crippen molar-refractivity contribution in [1.29, 1.82) is 0 Å². The van der Waals surface area contributed by atoms with Crippen LogP contribution in [-0.4, -0.2) is 61.4 Å². The van der Waals surface area contributed by atoms with E-state index in [1.54, 1.807) is 4.90 Å². The van der Waals surface area contributed by atoms with Gasteiger partial charge in [-0.25, -0.2) is 8.42 Å². The summed E-state index contributed by atoms with van der Waals surface area (Å²) < 4.78 is 37.5. The van der Waals surface area contributed by atoms with Gasteiger partial charge in [-0.3, -0.25) is 4.79 Å². The van der Waals surface area contributed by atoms with Gasteiger partial charge in [-0.1, -0.05) is 0 Å². The van der Waals surface area contributed by atoms with Gasteiger partial charge in [-0.2, -0.15) is 4.31 Å². The topological polar surface area (TPSA) is 80.1 Å². The second kappa shape index (κ2) is 6.16. The number of carbonyl (C=O) groups excluding carboxylic acids is 1. The molecule has 1 aromatic rings. The third-order valence-electron chi connectivity index (χ3n) is 4.59. The van der Waals surface area contributed by atoms with Crippen LogP contribution in [0, 0.1) is 0 Å². The number of hydrogen-bond donors (Lipinski definition) is 0. The van der Waals surface area contributed by atoms with Crippen LogP contribution in [0.4, 0.5) is 0 Å². The largest absolute Gasteiger partial charge is 0.438 e. The van der Waals surface area contributed by atoms with Crippen molar-refractivity contribution in [1.82, 2.24) is 9.21 Å². The van der Waals surface area contributed by atoms with Gasteiger partial charge in [0, 0.05) is 19.6 Å². The number of furan rings is 1. The molecule has 0 aromatic carbocycles. The lowest BCUT2D eigenvalue weighted by Crippen LogP contribution is -2.57. The fourth-order valence-corrected chi connectivity index (χ4v) is 4.53. The normalized spacial score (nSPS) is 25.1. The molecule has 2 fully saturated rings. The summed E-state index contributed by atoms with van der Waals surface area (Å²) in [5.41, 5.74) is -0.468. The Morgan fingerprint density at radius 2 is 1.92 bits per heavy atom. The van der Waals surface area contributed by atoms with E-state index < -0.39 is 15.6 Å². The molecule has 0 N–H and O–H groups in total. The molecule has 2 saturated heterocycles. The lowest BCUT2D eigenvalue weighted by Gasteiger charge is -2.44. The molecule has 0 radical (unpaired) electrons. The highest BCUT2D eigenvalue weighted by molar-refractivity contribution is 7.89. The van der Waals surface area contributed by atoms with Crippen molar-refractivity contribution in [2.75, 3.05) is 26.2 Å². The average molecular weight is 356 g/mol. The molecule has 1 atom stereocenters. The third kappa shape index (κ3) is 3.10. The van der Waals surface area contributed by atoms with E-state index in [0.29, 0.717) is 26.2 Å². The molecule has 3 heterocycles. The predicted octanol–water partition coefficient (Wildman–Crippen LogP) is 1.70. The lowest BCUT2D eigenvalue weighted by molar-refractivity contribution is -0.0765. The Labute approximate surface area is 142 Å². The first-order valence-electron chi connectivity index (χ1n) is 8.25. The van der Waals surface area contributed by atoms with E-state index in [1.165, 1.54) is 16.4 Å². The minimum absolute atomic E-state index is 0.0509. The molecule has 8 heteroatoms. The maximum absolute atomic E-state index is 12.8. The fraction of sp³-hybridized carbons (Fsp3) is 0.688. The molecular formula is C16H24N2O5S. The molecule has 0 saturated carbocycles. The molecule has 0 bridgehead atoms. The molecule has 0 aliphatic carbocycles. The van der Waals surface area contributed by atoms with Crippen molar-refractivity contribution in [2.45, 2.75) is 50.3 Å². The van der Waals surface area contributed by atoms with E-state index in [-0.39, 0.29) is 22.9 Å². The number of ether oxygens (including phenoxy) is 1. The summed E-state index contributed by atoms with van der Waals surface area (Å²) in [7, 11) is -3.65. The number of sulfonamides is 1. The van der Waals surface area contributed by atoms with Crippen LogP contribution < -0.4 is 0 Å². The fourth-order valence-electron chi connectivity index (χ4n) is 3.10. The van der Waals surface area contributed by atoms with Crippen LogP contribution in [-0.2, 0) is 14.8 Å². The number of amides is 1. The van der Waals surface area contributed by atoms with E-state index >= 15 is 0 Å². The monoisotopic (exact) mass is 356 g/mol. The van der Waals surface area contributed by atoms with Gasteiger partial charge in [-0.15, -0.1) is 0 Å². The van der Waals surface area contributed by atoms with Crippen molar-refractivity contribution in [3.05, 3.63) is 17.9 Å². The number of morpholine rings is 1. The lowest BCUT2D eigenvalue weighted by atomic mass is 10.0. The predicted molar refractivity (Wildman–Crippen MR) is 87.2 cm³/mol. The van der Waals surface area contributed by atoms with Gasteiger partial charge in [0.1, 0.15) is 0 Å². The molecule has 0 unspecified atom stereocenters. The average Bonchev–Trinajstić information content (AvgIpc) is 3.20. The molecule has 2 aliphatic rings. The van der Waals surface area contributed by atoms with Gasteiger partial charge in [0.15, 0.2) is 5.76 Å². The Hall–Kier alpha value is -1.38. The van der Waals surface area contributed by atoms with Crippen molar-refractivity contribution in [3.8, 4) is 0 Å². The molecule has 7 nitrogen and oxygen atoms in total. The summed E-state index contributed by atoms with van der Waals surface area (Å²) in [5, 5.41) is -0.160. The highest BCUT2D eigenvalue weighted by Gasteiger charge is 2.39. The summed E-state index contributed by atoms with van der Waals surface area (Å²) in [6.45, 7) is 7.62. The summed E-state index contributed by atoms with van der Waals surface area (Å²) >= 11 is 0. The first-order valence-corrected chi connectivity index (χ1v) is 9.69. The minimum Gasteiger partial charge on any atom is -0.438 e. The number of nitrogens with zero attached hydrogens (tertiary/aromatic N) is 2. The zero-order valence-corrected chi connectivity index (χ0v) is 15.1. The Kier molecular flexibility index (Phi) is 4.48. The van der Waals surface area contributed by atoms with Crippen molar-refractivity contribution in [2.24, 2.45) is 0 Å². The maximum atomic E-state index is 12.8. The quantitative estimate of drug-likeness (QED) is 0.823. The molecule has 1 aromatic heterocycles. The molecule has 24 heavy (non-hydrogen) atoms. The van der Waals surface area contributed by atoms with Crippen LogP contribution in [0.15, 0.2) is 21.6 Å². The number of carbonyl (C=O) groups is 1. The van der Waals surface area contributed by atoms with Crippen LogP contribution in [0.5, 0.6) is 0 Å². The molecule has 0 spiro atoms. The SMILES string of the molecule is C[C@@H]1CN(C(=O)c2ccc(S(=O)(=O)N3CCCC3)o2)C(C)(C)CO1. The van der Waals surface area contributed by atoms with Gasteiger partial charge in [-0.05, 0) is 45.7 Å². The first kappa shape index (κ1) is 17.4. The van der Waals surface area contributed by atoms with Gasteiger partial charge in [0.2, 0.25) is 5.09 Å². The first-order chi connectivity index (χ1) is 11.2. The highest BCUT2D eigenvalue weighted by Crippen LogP contribution is 2.27. The summed E-state index contributed by atoms with van der Waals surface area (Å²) in [4.78, 5) is 14.5. The maximum Gasteiger partial charge on any atom is 0.290 e. The highest BCUT2D eigenvalue weighted by atomic mass is 32.2. The van der Waals surface area contributed by atoms with E-state index in [9.17, 15) is 13.2 Å². The molecule has 2 aliphatic heterocycles. The zero-order chi connectivity index (χ0) is 17.5. The zero-order valence-electron chi connectivity index (χ0n) is 14.3. The Bertz CT molecular complexity index is 719. The van der Waals surface area contributed by atoms with Crippen molar-refractivity contribution in [3.63, 3.8) is 0 Å². The van der Waals surface area contributed by atoms with E-state index in [0.717, 1.165) is 12.8 Å². The van der Waals surface area contributed by atoms with Crippen LogP contribution >= 0.6 is 0 Å². The van der Waals surface area contributed by atoms with E-state index in [1.807, 2.05) is 20.8 Å². The second-order valence-corrected chi connectivity index (χ2v) is 8.95. The molecule has 3 rings (SSSR count). The van der Waals surface area contributed by atoms with Crippen LogP contribution in [0.25, 0.3) is 0 Å². The summed E-state index contributed by atoms with van der Waals surface area (Å²) in [5.74, 6) is -0.257. The van der Waals surface area contributed by atoms with Crippen molar-refractivity contribution >= 4 is 15.9 Å². The number of hydrogen-bond acceptors (Lipinski definition) is 5.